The highest BCUT2D eigenvalue weighted by atomic mass is 16.5. The molecule has 2 aromatic heterocycles. The molecule has 19 heavy (non-hydrogen) atoms. The number of rotatable bonds is 2. The summed E-state index contributed by atoms with van der Waals surface area (Å²) in [5.41, 5.74) is 1.05. The molecule has 0 aromatic carbocycles. The highest BCUT2D eigenvalue weighted by Gasteiger charge is 2.26. The van der Waals surface area contributed by atoms with Crippen molar-refractivity contribution in [3.05, 3.63) is 35.6 Å². The Morgan fingerprint density at radius 3 is 2.89 bits per heavy atom. The van der Waals surface area contributed by atoms with Gasteiger partial charge in [-0.25, -0.2) is 4.98 Å². The smallest absolute Gasteiger partial charge is 0.231 e. The van der Waals surface area contributed by atoms with E-state index in [1.807, 2.05) is 19.9 Å². The van der Waals surface area contributed by atoms with Crippen LogP contribution < -0.4 is 4.90 Å². The quantitative estimate of drug-likeness (QED) is 0.828. The molecule has 1 aliphatic heterocycles. The minimum atomic E-state index is 0.317. The van der Waals surface area contributed by atoms with Crippen LogP contribution in [0.1, 0.15) is 36.2 Å². The molecule has 1 unspecified atom stereocenters. The number of hydrogen-bond acceptors (Lipinski definition) is 5. The van der Waals surface area contributed by atoms with E-state index in [0.29, 0.717) is 11.7 Å². The predicted molar refractivity (Wildman–Crippen MR) is 72.2 cm³/mol. The Balaban J connectivity index is 1.78. The third-order valence-corrected chi connectivity index (χ3v) is 3.51. The van der Waals surface area contributed by atoms with Gasteiger partial charge in [0.05, 0.1) is 5.92 Å². The second kappa shape index (κ2) is 4.99. The Hall–Kier alpha value is -1.91. The number of nitrogens with zero attached hydrogens (tertiary/aromatic N) is 4. The van der Waals surface area contributed by atoms with Gasteiger partial charge in [-0.3, -0.25) is 0 Å². The summed E-state index contributed by atoms with van der Waals surface area (Å²) in [6, 6.07) is 6.14. The summed E-state index contributed by atoms with van der Waals surface area (Å²) in [6.45, 7) is 5.82. The minimum absolute atomic E-state index is 0.317. The van der Waals surface area contributed by atoms with Crippen LogP contribution in [0, 0.1) is 13.8 Å². The molecule has 5 nitrogen and oxygen atoms in total. The van der Waals surface area contributed by atoms with Gasteiger partial charge in [0.1, 0.15) is 5.82 Å². The van der Waals surface area contributed by atoms with Crippen molar-refractivity contribution in [3.8, 4) is 0 Å². The molecule has 3 heterocycles. The lowest BCUT2D eigenvalue weighted by Crippen LogP contribution is -2.35. The average molecular weight is 258 g/mol. The normalized spacial score (nSPS) is 19.7. The Morgan fingerprint density at radius 1 is 1.26 bits per heavy atom. The van der Waals surface area contributed by atoms with Crippen molar-refractivity contribution in [2.75, 3.05) is 18.0 Å². The van der Waals surface area contributed by atoms with E-state index in [9.17, 15) is 0 Å². The molecule has 1 atom stereocenters. The van der Waals surface area contributed by atoms with Crippen LogP contribution >= 0.6 is 0 Å². The molecule has 1 aliphatic rings. The van der Waals surface area contributed by atoms with E-state index in [1.54, 1.807) is 0 Å². The van der Waals surface area contributed by atoms with Crippen molar-refractivity contribution in [1.29, 1.82) is 0 Å². The minimum Gasteiger partial charge on any atom is -0.356 e. The number of anilines is 1. The molecule has 2 aromatic rings. The first-order valence-corrected chi connectivity index (χ1v) is 6.71. The molecule has 1 saturated heterocycles. The second-order valence-electron chi connectivity index (χ2n) is 5.10. The number of pyridine rings is 1. The lowest BCUT2D eigenvalue weighted by atomic mass is 9.98. The summed E-state index contributed by atoms with van der Waals surface area (Å²) in [5, 5.41) is 3.88. The van der Waals surface area contributed by atoms with Gasteiger partial charge >= 0.3 is 0 Å². The zero-order chi connectivity index (χ0) is 13.2. The third kappa shape index (κ3) is 2.59. The largest absolute Gasteiger partial charge is 0.356 e. The van der Waals surface area contributed by atoms with Gasteiger partial charge in [-0.05, 0) is 38.8 Å². The molecule has 0 spiro atoms. The van der Waals surface area contributed by atoms with Gasteiger partial charge < -0.3 is 9.42 Å². The maximum absolute atomic E-state index is 5.30. The van der Waals surface area contributed by atoms with Crippen LogP contribution in [0.15, 0.2) is 22.7 Å². The standard InChI is InChI=1S/C14H18N4O/c1-10-5-3-7-13(15-10)18-8-4-6-12(9-18)14-16-11(2)17-19-14/h3,5,7,12H,4,6,8-9H2,1-2H3. The SMILES string of the molecule is Cc1cccc(N2CCCC(c3nc(C)no3)C2)n1. The summed E-state index contributed by atoms with van der Waals surface area (Å²) in [4.78, 5) is 11.3. The van der Waals surface area contributed by atoms with Crippen molar-refractivity contribution in [3.63, 3.8) is 0 Å². The van der Waals surface area contributed by atoms with E-state index in [1.165, 1.54) is 0 Å². The third-order valence-electron chi connectivity index (χ3n) is 3.51. The van der Waals surface area contributed by atoms with Gasteiger partial charge in [-0.2, -0.15) is 4.98 Å². The van der Waals surface area contributed by atoms with Crippen molar-refractivity contribution < 1.29 is 4.52 Å². The van der Waals surface area contributed by atoms with Crippen LogP contribution in [0.4, 0.5) is 5.82 Å². The van der Waals surface area contributed by atoms with Crippen LogP contribution in [0.25, 0.3) is 0 Å². The Kier molecular flexibility index (Phi) is 3.19. The van der Waals surface area contributed by atoms with E-state index in [2.05, 4.69) is 32.2 Å². The zero-order valence-electron chi connectivity index (χ0n) is 11.3. The molecule has 0 aliphatic carbocycles. The van der Waals surface area contributed by atoms with Gasteiger partial charge in [0.25, 0.3) is 0 Å². The highest BCUT2D eigenvalue weighted by Crippen LogP contribution is 2.28. The molecule has 0 saturated carbocycles. The first kappa shape index (κ1) is 12.1. The fourth-order valence-electron chi connectivity index (χ4n) is 2.57. The van der Waals surface area contributed by atoms with Crippen molar-refractivity contribution >= 4 is 5.82 Å². The zero-order valence-corrected chi connectivity index (χ0v) is 11.3. The van der Waals surface area contributed by atoms with Crippen molar-refractivity contribution in [1.82, 2.24) is 15.1 Å². The van der Waals surface area contributed by atoms with Crippen LogP contribution in [0.2, 0.25) is 0 Å². The number of piperidine rings is 1. The van der Waals surface area contributed by atoms with Crippen LogP contribution in [0.3, 0.4) is 0 Å². The molecular weight excluding hydrogens is 240 g/mol. The van der Waals surface area contributed by atoms with E-state index >= 15 is 0 Å². The molecule has 0 bridgehead atoms. The summed E-state index contributed by atoms with van der Waals surface area (Å²) in [5.74, 6) is 2.83. The Morgan fingerprint density at radius 2 is 2.16 bits per heavy atom. The first-order valence-electron chi connectivity index (χ1n) is 6.71. The van der Waals surface area contributed by atoms with E-state index < -0.39 is 0 Å². The Labute approximate surface area is 112 Å². The molecule has 0 radical (unpaired) electrons. The number of aromatic nitrogens is 3. The Bertz CT molecular complexity index is 566. The maximum Gasteiger partial charge on any atom is 0.231 e. The predicted octanol–water partition coefficient (Wildman–Crippen LogP) is 2.47. The lowest BCUT2D eigenvalue weighted by Gasteiger charge is -2.32. The molecular formula is C14H18N4O. The van der Waals surface area contributed by atoms with Gasteiger partial charge in [-0.1, -0.05) is 11.2 Å². The van der Waals surface area contributed by atoms with Crippen LogP contribution in [-0.4, -0.2) is 28.2 Å². The van der Waals surface area contributed by atoms with Gasteiger partial charge in [0.15, 0.2) is 5.82 Å². The van der Waals surface area contributed by atoms with Crippen LogP contribution in [-0.2, 0) is 0 Å². The van der Waals surface area contributed by atoms with E-state index in [0.717, 1.165) is 43.3 Å². The molecule has 3 rings (SSSR count). The molecule has 0 amide bonds. The summed E-state index contributed by atoms with van der Waals surface area (Å²) < 4.78 is 5.30. The molecule has 5 heteroatoms. The number of aryl methyl sites for hydroxylation is 2. The van der Waals surface area contributed by atoms with Crippen molar-refractivity contribution in [2.45, 2.75) is 32.6 Å². The van der Waals surface area contributed by atoms with E-state index in [4.69, 9.17) is 4.52 Å². The molecule has 1 fully saturated rings. The summed E-state index contributed by atoms with van der Waals surface area (Å²) in [6.07, 6.45) is 2.23. The molecule has 100 valence electrons. The van der Waals surface area contributed by atoms with Gasteiger partial charge in [-0.15, -0.1) is 0 Å². The fourth-order valence-corrected chi connectivity index (χ4v) is 2.57. The van der Waals surface area contributed by atoms with Crippen LogP contribution in [0.5, 0.6) is 0 Å². The summed E-state index contributed by atoms with van der Waals surface area (Å²) in [7, 11) is 0. The lowest BCUT2D eigenvalue weighted by molar-refractivity contribution is 0.331. The topological polar surface area (TPSA) is 55.1 Å². The average Bonchev–Trinajstić information content (AvgIpc) is 2.86. The van der Waals surface area contributed by atoms with Gasteiger partial charge in [0.2, 0.25) is 5.89 Å². The van der Waals surface area contributed by atoms with Crippen molar-refractivity contribution in [2.24, 2.45) is 0 Å². The second-order valence-corrected chi connectivity index (χ2v) is 5.10. The summed E-state index contributed by atoms with van der Waals surface area (Å²) >= 11 is 0. The fraction of sp³-hybridized carbons (Fsp3) is 0.500. The first-order chi connectivity index (χ1) is 9.22. The molecule has 0 N–H and O–H groups in total. The maximum atomic E-state index is 5.30. The highest BCUT2D eigenvalue weighted by molar-refractivity contribution is 5.40. The monoisotopic (exact) mass is 258 g/mol. The van der Waals surface area contributed by atoms with Gasteiger partial charge in [0, 0.05) is 18.8 Å². The number of hydrogen-bond donors (Lipinski definition) is 0. The van der Waals surface area contributed by atoms with E-state index in [-0.39, 0.29) is 0 Å².